The van der Waals surface area contributed by atoms with Crippen LogP contribution in [0.5, 0.6) is 0 Å². The standard InChI is InChI=1S/C32H36/c1-3-5-7-9-25-11-15-27(16-12-25)29-19-21-32-24-30(20-22-31(32)23-29)28-17-13-26(14-18-28)10-8-6-4-2/h3-6,11-19,21,23,30H,7-10,20,22,24H2,1-2H3/b5-3+,6-4+. The van der Waals surface area contributed by atoms with Gasteiger partial charge in [-0.3, -0.25) is 0 Å². The van der Waals surface area contributed by atoms with Crippen LogP contribution in [0.15, 0.2) is 91.0 Å². The van der Waals surface area contributed by atoms with Crippen molar-refractivity contribution in [1.29, 1.82) is 0 Å². The molecule has 0 radical (unpaired) electrons. The van der Waals surface area contributed by atoms with E-state index in [4.69, 9.17) is 0 Å². The lowest BCUT2D eigenvalue weighted by atomic mass is 9.79. The summed E-state index contributed by atoms with van der Waals surface area (Å²) in [5, 5.41) is 0. The minimum Gasteiger partial charge on any atom is -0.0917 e. The lowest BCUT2D eigenvalue weighted by molar-refractivity contribution is 0.585. The zero-order chi connectivity index (χ0) is 22.2. The third-order valence-corrected chi connectivity index (χ3v) is 6.84. The molecule has 1 aliphatic carbocycles. The fraction of sp³-hybridized carbons (Fsp3) is 0.312. The van der Waals surface area contributed by atoms with Gasteiger partial charge < -0.3 is 0 Å². The van der Waals surface area contributed by atoms with Gasteiger partial charge in [0.15, 0.2) is 0 Å². The van der Waals surface area contributed by atoms with Crippen LogP contribution in [0.3, 0.4) is 0 Å². The lowest BCUT2D eigenvalue weighted by Crippen LogP contribution is -2.13. The van der Waals surface area contributed by atoms with Gasteiger partial charge in [0.05, 0.1) is 0 Å². The molecule has 3 aromatic rings. The third-order valence-electron chi connectivity index (χ3n) is 6.84. The van der Waals surface area contributed by atoms with Crippen molar-refractivity contribution in [3.8, 4) is 11.1 Å². The van der Waals surface area contributed by atoms with Crippen LogP contribution in [0.2, 0.25) is 0 Å². The molecule has 0 N–H and O–H groups in total. The van der Waals surface area contributed by atoms with E-state index in [9.17, 15) is 0 Å². The number of benzene rings is 3. The van der Waals surface area contributed by atoms with Crippen molar-refractivity contribution in [3.63, 3.8) is 0 Å². The summed E-state index contributed by atoms with van der Waals surface area (Å²) in [5.74, 6) is 0.648. The molecule has 164 valence electrons. The van der Waals surface area contributed by atoms with Crippen LogP contribution in [-0.4, -0.2) is 0 Å². The molecule has 0 aromatic heterocycles. The molecular formula is C32H36. The summed E-state index contributed by atoms with van der Waals surface area (Å²) in [6.07, 6.45) is 16.9. The Kier molecular flexibility index (Phi) is 7.77. The molecule has 1 atom stereocenters. The van der Waals surface area contributed by atoms with Gasteiger partial charge in [-0.1, -0.05) is 91.0 Å². The molecule has 3 aromatic carbocycles. The molecule has 0 nitrogen and oxygen atoms in total. The highest BCUT2D eigenvalue weighted by Gasteiger charge is 2.20. The minimum atomic E-state index is 0.648. The predicted molar refractivity (Wildman–Crippen MR) is 139 cm³/mol. The SMILES string of the molecule is C/C=C/CCc1ccc(-c2ccc3c(c2)CCC(c2ccc(CC/C=C/C)cc2)C3)cc1. The lowest BCUT2D eigenvalue weighted by Gasteiger charge is -2.26. The van der Waals surface area contributed by atoms with Gasteiger partial charge >= 0.3 is 0 Å². The van der Waals surface area contributed by atoms with Crippen molar-refractivity contribution in [3.05, 3.63) is 119 Å². The van der Waals surface area contributed by atoms with Crippen molar-refractivity contribution < 1.29 is 0 Å². The van der Waals surface area contributed by atoms with E-state index in [-0.39, 0.29) is 0 Å². The zero-order valence-corrected chi connectivity index (χ0v) is 19.7. The van der Waals surface area contributed by atoms with Crippen LogP contribution in [0.4, 0.5) is 0 Å². The van der Waals surface area contributed by atoms with Crippen molar-refractivity contribution in [2.24, 2.45) is 0 Å². The molecule has 0 fully saturated rings. The Labute approximate surface area is 194 Å². The third kappa shape index (κ3) is 5.68. The average molecular weight is 421 g/mol. The maximum absolute atomic E-state index is 2.44. The Balaban J connectivity index is 1.41. The molecule has 0 amide bonds. The smallest absolute Gasteiger partial charge is 0.0118 e. The van der Waals surface area contributed by atoms with Gasteiger partial charge in [0.25, 0.3) is 0 Å². The zero-order valence-electron chi connectivity index (χ0n) is 19.7. The molecule has 0 saturated carbocycles. The van der Waals surface area contributed by atoms with E-state index in [1.807, 2.05) is 0 Å². The van der Waals surface area contributed by atoms with Gasteiger partial charge in [-0.25, -0.2) is 0 Å². The van der Waals surface area contributed by atoms with Crippen LogP contribution in [0.1, 0.15) is 66.8 Å². The molecule has 4 rings (SSSR count). The van der Waals surface area contributed by atoms with Crippen molar-refractivity contribution >= 4 is 0 Å². The second kappa shape index (κ2) is 11.1. The maximum atomic E-state index is 2.44. The Morgan fingerprint density at radius 2 is 1.28 bits per heavy atom. The molecule has 0 heteroatoms. The highest BCUT2D eigenvalue weighted by molar-refractivity contribution is 5.65. The number of hydrogen-bond donors (Lipinski definition) is 0. The highest BCUT2D eigenvalue weighted by atomic mass is 14.2. The fourth-order valence-electron chi connectivity index (χ4n) is 4.87. The normalized spacial score (nSPS) is 16.0. The summed E-state index contributed by atoms with van der Waals surface area (Å²) >= 11 is 0. The molecule has 0 bridgehead atoms. The van der Waals surface area contributed by atoms with Crippen LogP contribution in [0, 0.1) is 0 Å². The first-order chi connectivity index (χ1) is 15.8. The Morgan fingerprint density at radius 1 is 0.688 bits per heavy atom. The highest BCUT2D eigenvalue weighted by Crippen LogP contribution is 2.35. The minimum absolute atomic E-state index is 0.648. The van der Waals surface area contributed by atoms with E-state index in [1.165, 1.54) is 46.2 Å². The van der Waals surface area contributed by atoms with E-state index in [0.717, 1.165) is 32.1 Å². The van der Waals surface area contributed by atoms with Gasteiger partial charge in [-0.05, 0) is 104 Å². The molecule has 0 aliphatic heterocycles. The monoisotopic (exact) mass is 420 g/mol. The maximum Gasteiger partial charge on any atom is -0.0118 e. The number of allylic oxidation sites excluding steroid dienone is 4. The molecular weight excluding hydrogens is 384 g/mol. The quantitative estimate of drug-likeness (QED) is 0.320. The Bertz CT molecular complexity index is 1050. The first-order valence-corrected chi connectivity index (χ1v) is 12.3. The fourth-order valence-corrected chi connectivity index (χ4v) is 4.87. The summed E-state index contributed by atoms with van der Waals surface area (Å²) in [6.45, 7) is 4.18. The van der Waals surface area contributed by atoms with E-state index in [1.54, 1.807) is 5.56 Å². The molecule has 0 saturated heterocycles. The Hall–Kier alpha value is -2.86. The Morgan fingerprint density at radius 3 is 1.91 bits per heavy atom. The van der Waals surface area contributed by atoms with Gasteiger partial charge in [0, 0.05) is 0 Å². The van der Waals surface area contributed by atoms with Crippen molar-refractivity contribution in [2.45, 2.75) is 64.7 Å². The number of aryl methyl sites for hydroxylation is 3. The predicted octanol–water partition coefficient (Wildman–Crippen LogP) is 8.64. The summed E-state index contributed by atoms with van der Waals surface area (Å²) in [5.41, 5.74) is 10.1. The topological polar surface area (TPSA) is 0 Å². The molecule has 32 heavy (non-hydrogen) atoms. The van der Waals surface area contributed by atoms with Gasteiger partial charge in [0.2, 0.25) is 0 Å². The average Bonchev–Trinajstić information content (AvgIpc) is 2.85. The van der Waals surface area contributed by atoms with Gasteiger partial charge in [0.1, 0.15) is 0 Å². The van der Waals surface area contributed by atoms with Gasteiger partial charge in [-0.15, -0.1) is 0 Å². The molecule has 0 spiro atoms. The molecule has 1 aliphatic rings. The van der Waals surface area contributed by atoms with Crippen LogP contribution >= 0.6 is 0 Å². The summed E-state index contributed by atoms with van der Waals surface area (Å²) in [4.78, 5) is 0. The van der Waals surface area contributed by atoms with E-state index in [0.29, 0.717) is 5.92 Å². The summed E-state index contributed by atoms with van der Waals surface area (Å²) < 4.78 is 0. The van der Waals surface area contributed by atoms with E-state index >= 15 is 0 Å². The second-order valence-electron chi connectivity index (χ2n) is 9.08. The van der Waals surface area contributed by atoms with Crippen molar-refractivity contribution in [1.82, 2.24) is 0 Å². The number of fused-ring (bicyclic) bond motifs is 1. The van der Waals surface area contributed by atoms with Gasteiger partial charge in [-0.2, -0.15) is 0 Å². The molecule has 1 unspecified atom stereocenters. The number of hydrogen-bond acceptors (Lipinski definition) is 0. The van der Waals surface area contributed by atoms with Crippen LogP contribution < -0.4 is 0 Å². The van der Waals surface area contributed by atoms with E-state index in [2.05, 4.69) is 105 Å². The van der Waals surface area contributed by atoms with E-state index < -0.39 is 0 Å². The first kappa shape index (κ1) is 22.3. The van der Waals surface area contributed by atoms with Crippen molar-refractivity contribution in [2.75, 3.05) is 0 Å². The summed E-state index contributed by atoms with van der Waals surface area (Å²) in [6, 6.07) is 25.7. The summed E-state index contributed by atoms with van der Waals surface area (Å²) in [7, 11) is 0. The largest absolute Gasteiger partial charge is 0.0917 e. The number of rotatable bonds is 8. The first-order valence-electron chi connectivity index (χ1n) is 12.3. The second-order valence-corrected chi connectivity index (χ2v) is 9.08. The molecule has 0 heterocycles. The van der Waals surface area contributed by atoms with Crippen LogP contribution in [0.25, 0.3) is 11.1 Å². The van der Waals surface area contributed by atoms with Crippen LogP contribution in [-0.2, 0) is 25.7 Å².